The number of hydrogen-bond acceptors (Lipinski definition) is 5. The van der Waals surface area contributed by atoms with Crippen molar-refractivity contribution in [3.8, 4) is 0 Å². The number of pyridine rings is 1. The third kappa shape index (κ3) is 3.49. The summed E-state index contributed by atoms with van der Waals surface area (Å²) in [5, 5.41) is 3.27. The van der Waals surface area contributed by atoms with Gasteiger partial charge in [-0.15, -0.1) is 0 Å². The van der Waals surface area contributed by atoms with Crippen LogP contribution in [0.4, 0.5) is 17.3 Å². The minimum Gasteiger partial charge on any atom is -0.396 e. The Morgan fingerprint density at radius 1 is 1.18 bits per heavy atom. The second-order valence-electron chi connectivity index (χ2n) is 4.50. The van der Waals surface area contributed by atoms with Gasteiger partial charge in [0.15, 0.2) is 0 Å². The van der Waals surface area contributed by atoms with Gasteiger partial charge in [-0.25, -0.2) is 4.98 Å². The summed E-state index contributed by atoms with van der Waals surface area (Å²) in [5.41, 5.74) is 11.8. The lowest BCUT2D eigenvalue weighted by molar-refractivity contribution is 0.237. The maximum atomic E-state index is 5.65. The molecule has 1 aliphatic rings. The van der Waals surface area contributed by atoms with Gasteiger partial charge in [-0.1, -0.05) is 6.42 Å². The minimum atomic E-state index is 0.396. The molecule has 5 N–H and O–H groups in total. The Morgan fingerprint density at radius 2 is 1.94 bits per heavy atom. The first-order valence-corrected chi connectivity index (χ1v) is 6.24. The van der Waals surface area contributed by atoms with E-state index in [0.29, 0.717) is 11.5 Å². The van der Waals surface area contributed by atoms with Gasteiger partial charge in [0.1, 0.15) is 11.6 Å². The van der Waals surface area contributed by atoms with Gasteiger partial charge in [0.2, 0.25) is 0 Å². The Balaban J connectivity index is 1.75. The Bertz CT molecular complexity index is 360. The van der Waals surface area contributed by atoms with Crippen molar-refractivity contribution in [1.29, 1.82) is 0 Å². The SMILES string of the molecule is Nc1ccc(NCCN2CCCCC2)nc1N. The number of anilines is 3. The number of rotatable bonds is 4. The van der Waals surface area contributed by atoms with E-state index in [1.807, 2.05) is 6.07 Å². The van der Waals surface area contributed by atoms with Crippen LogP contribution >= 0.6 is 0 Å². The number of nitrogen functional groups attached to an aromatic ring is 2. The number of nitrogens with one attached hydrogen (secondary N) is 1. The molecule has 1 saturated heterocycles. The second kappa shape index (κ2) is 5.72. The summed E-state index contributed by atoms with van der Waals surface area (Å²) in [6, 6.07) is 3.65. The smallest absolute Gasteiger partial charge is 0.149 e. The molecule has 5 nitrogen and oxygen atoms in total. The van der Waals surface area contributed by atoms with Crippen LogP contribution in [0.3, 0.4) is 0 Å². The number of nitrogens with two attached hydrogens (primary N) is 2. The predicted molar refractivity (Wildman–Crippen MR) is 71.8 cm³/mol. The molecule has 17 heavy (non-hydrogen) atoms. The van der Waals surface area contributed by atoms with Gasteiger partial charge in [0.25, 0.3) is 0 Å². The molecule has 2 rings (SSSR count). The van der Waals surface area contributed by atoms with Gasteiger partial charge in [-0.2, -0.15) is 0 Å². The van der Waals surface area contributed by atoms with Crippen LogP contribution in [0, 0.1) is 0 Å². The number of aromatic nitrogens is 1. The van der Waals surface area contributed by atoms with Crippen molar-refractivity contribution in [2.45, 2.75) is 19.3 Å². The van der Waals surface area contributed by atoms with Crippen LogP contribution < -0.4 is 16.8 Å². The van der Waals surface area contributed by atoms with Crippen LogP contribution in [0.2, 0.25) is 0 Å². The van der Waals surface area contributed by atoms with E-state index in [1.54, 1.807) is 6.07 Å². The zero-order chi connectivity index (χ0) is 12.1. The Labute approximate surface area is 102 Å². The zero-order valence-electron chi connectivity index (χ0n) is 10.2. The van der Waals surface area contributed by atoms with Gasteiger partial charge in [0.05, 0.1) is 5.69 Å². The van der Waals surface area contributed by atoms with Crippen molar-refractivity contribution in [3.63, 3.8) is 0 Å². The van der Waals surface area contributed by atoms with Gasteiger partial charge in [-0.3, -0.25) is 0 Å². The quantitative estimate of drug-likeness (QED) is 0.729. The van der Waals surface area contributed by atoms with Crippen molar-refractivity contribution < 1.29 is 0 Å². The van der Waals surface area contributed by atoms with E-state index in [-0.39, 0.29) is 0 Å². The fourth-order valence-corrected chi connectivity index (χ4v) is 2.11. The molecule has 1 fully saturated rings. The Kier molecular flexibility index (Phi) is 4.03. The van der Waals surface area contributed by atoms with Crippen LogP contribution in [-0.2, 0) is 0 Å². The van der Waals surface area contributed by atoms with Crippen molar-refractivity contribution in [2.75, 3.05) is 43.0 Å². The van der Waals surface area contributed by atoms with Gasteiger partial charge < -0.3 is 21.7 Å². The summed E-state index contributed by atoms with van der Waals surface area (Å²) in [6.07, 6.45) is 4.03. The van der Waals surface area contributed by atoms with Crippen LogP contribution in [0.25, 0.3) is 0 Å². The average molecular weight is 235 g/mol. The number of likely N-dealkylation sites (tertiary alicyclic amines) is 1. The van der Waals surface area contributed by atoms with Crippen molar-refractivity contribution >= 4 is 17.3 Å². The maximum Gasteiger partial charge on any atom is 0.149 e. The maximum absolute atomic E-state index is 5.65. The van der Waals surface area contributed by atoms with Crippen molar-refractivity contribution in [3.05, 3.63) is 12.1 Å². The van der Waals surface area contributed by atoms with Crippen LogP contribution in [0.5, 0.6) is 0 Å². The summed E-state index contributed by atoms with van der Waals surface area (Å²) in [6.45, 7) is 4.40. The third-order valence-electron chi connectivity index (χ3n) is 3.14. The molecule has 5 heteroatoms. The molecule has 1 aromatic rings. The van der Waals surface area contributed by atoms with Gasteiger partial charge in [-0.05, 0) is 38.1 Å². The summed E-state index contributed by atoms with van der Waals surface area (Å²) in [4.78, 5) is 6.66. The molecule has 0 amide bonds. The highest BCUT2D eigenvalue weighted by Gasteiger charge is 2.09. The van der Waals surface area contributed by atoms with Crippen molar-refractivity contribution in [2.24, 2.45) is 0 Å². The van der Waals surface area contributed by atoms with E-state index >= 15 is 0 Å². The molecule has 0 unspecified atom stereocenters. The standard InChI is InChI=1S/C12H21N5/c13-10-4-5-11(16-12(10)14)15-6-9-17-7-2-1-3-8-17/h4-5H,1-3,6-9,13H2,(H3,14,15,16). The molecule has 2 heterocycles. The van der Waals surface area contributed by atoms with E-state index in [1.165, 1.54) is 32.4 Å². The zero-order valence-corrected chi connectivity index (χ0v) is 10.2. The van der Waals surface area contributed by atoms with E-state index in [0.717, 1.165) is 18.9 Å². The van der Waals surface area contributed by atoms with Gasteiger partial charge >= 0.3 is 0 Å². The number of nitrogens with zero attached hydrogens (tertiary/aromatic N) is 2. The number of hydrogen-bond donors (Lipinski definition) is 3. The minimum absolute atomic E-state index is 0.396. The molecule has 0 aromatic carbocycles. The molecule has 0 radical (unpaired) electrons. The molecule has 0 bridgehead atoms. The van der Waals surface area contributed by atoms with Crippen molar-refractivity contribution in [1.82, 2.24) is 9.88 Å². The van der Waals surface area contributed by atoms with Crippen LogP contribution in [0.1, 0.15) is 19.3 Å². The molecule has 1 aliphatic heterocycles. The first-order chi connectivity index (χ1) is 8.25. The molecule has 0 spiro atoms. The molecule has 0 atom stereocenters. The molecular weight excluding hydrogens is 214 g/mol. The topological polar surface area (TPSA) is 80.2 Å². The molecule has 0 aliphatic carbocycles. The first kappa shape index (κ1) is 12.0. The highest BCUT2D eigenvalue weighted by Crippen LogP contribution is 2.14. The normalized spacial score (nSPS) is 16.9. The molecular formula is C12H21N5. The molecule has 0 saturated carbocycles. The summed E-state index contributed by atoms with van der Waals surface area (Å²) in [5.74, 6) is 1.20. The van der Waals surface area contributed by atoms with Crippen LogP contribution in [-0.4, -0.2) is 36.1 Å². The largest absolute Gasteiger partial charge is 0.396 e. The first-order valence-electron chi connectivity index (χ1n) is 6.24. The van der Waals surface area contributed by atoms with Crippen LogP contribution in [0.15, 0.2) is 12.1 Å². The Hall–Kier alpha value is -1.49. The highest BCUT2D eigenvalue weighted by molar-refractivity contribution is 5.61. The molecule has 1 aromatic heterocycles. The highest BCUT2D eigenvalue weighted by atomic mass is 15.1. The fourth-order valence-electron chi connectivity index (χ4n) is 2.11. The lowest BCUT2D eigenvalue weighted by Crippen LogP contribution is -2.33. The lowest BCUT2D eigenvalue weighted by atomic mass is 10.1. The lowest BCUT2D eigenvalue weighted by Gasteiger charge is -2.26. The van der Waals surface area contributed by atoms with E-state index in [2.05, 4.69) is 15.2 Å². The fraction of sp³-hybridized carbons (Fsp3) is 0.583. The molecule has 94 valence electrons. The monoisotopic (exact) mass is 235 g/mol. The second-order valence-corrected chi connectivity index (χ2v) is 4.50. The summed E-state index contributed by atoms with van der Waals surface area (Å²) in [7, 11) is 0. The van der Waals surface area contributed by atoms with Gasteiger partial charge in [0, 0.05) is 13.1 Å². The van der Waals surface area contributed by atoms with E-state index in [4.69, 9.17) is 11.5 Å². The predicted octanol–water partition coefficient (Wildman–Crippen LogP) is 1.14. The Morgan fingerprint density at radius 3 is 2.65 bits per heavy atom. The number of piperidine rings is 1. The third-order valence-corrected chi connectivity index (χ3v) is 3.14. The van der Waals surface area contributed by atoms with E-state index < -0.39 is 0 Å². The summed E-state index contributed by atoms with van der Waals surface area (Å²) < 4.78 is 0. The average Bonchev–Trinajstić information content (AvgIpc) is 2.35. The summed E-state index contributed by atoms with van der Waals surface area (Å²) >= 11 is 0. The van der Waals surface area contributed by atoms with E-state index in [9.17, 15) is 0 Å².